The maximum absolute atomic E-state index is 11.6. The van der Waals surface area contributed by atoms with E-state index in [1.807, 2.05) is 37.3 Å². The van der Waals surface area contributed by atoms with E-state index in [1.54, 1.807) is 6.07 Å². The molecule has 1 N–H and O–H groups in total. The lowest BCUT2D eigenvalue weighted by atomic mass is 10.0. The van der Waals surface area contributed by atoms with Crippen molar-refractivity contribution in [3.63, 3.8) is 0 Å². The van der Waals surface area contributed by atoms with Gasteiger partial charge in [0.15, 0.2) is 0 Å². The number of sulfonamides is 1. The van der Waals surface area contributed by atoms with E-state index >= 15 is 0 Å². The minimum Gasteiger partial charge on any atom is -0.374 e. The summed E-state index contributed by atoms with van der Waals surface area (Å²) in [6.07, 6.45) is 1.29. The third-order valence-electron chi connectivity index (χ3n) is 4.46. The molecule has 1 aliphatic heterocycles. The second kappa shape index (κ2) is 7.06. The summed E-state index contributed by atoms with van der Waals surface area (Å²) in [4.78, 5) is 2.31. The fraction of sp³-hybridized carbons (Fsp3) is 0.368. The van der Waals surface area contributed by atoms with Gasteiger partial charge in [0.25, 0.3) is 0 Å². The van der Waals surface area contributed by atoms with E-state index in [0.717, 1.165) is 17.8 Å². The summed E-state index contributed by atoms with van der Waals surface area (Å²) in [5, 5.41) is 0. The number of nitrogens with one attached hydrogen (secondary N) is 1. The van der Waals surface area contributed by atoms with Gasteiger partial charge in [-0.15, -0.1) is 0 Å². The third kappa shape index (κ3) is 4.14. The summed E-state index contributed by atoms with van der Waals surface area (Å²) in [5.41, 5.74) is 3.75. The molecule has 1 heterocycles. The van der Waals surface area contributed by atoms with Gasteiger partial charge in [-0.05, 0) is 37.1 Å². The molecular weight excluding hydrogens is 336 g/mol. The number of benzene rings is 2. The van der Waals surface area contributed by atoms with E-state index in [4.69, 9.17) is 4.74 Å². The molecule has 6 heteroatoms. The van der Waals surface area contributed by atoms with Gasteiger partial charge in [0.2, 0.25) is 10.0 Å². The summed E-state index contributed by atoms with van der Waals surface area (Å²) < 4.78 is 31.8. The van der Waals surface area contributed by atoms with Crippen molar-refractivity contribution in [3.05, 3.63) is 59.7 Å². The number of nitrogens with zero attached hydrogens (tertiary/aromatic N) is 1. The number of rotatable bonds is 4. The zero-order chi connectivity index (χ0) is 18.0. The number of morpholine rings is 1. The SMILES string of the molecule is Cc1c(NS(C)(=O)=O)cccc1N1CC(C)OCC1c1ccccc1. The number of hydrogen-bond acceptors (Lipinski definition) is 4. The Kier molecular flexibility index (Phi) is 5.01. The largest absolute Gasteiger partial charge is 0.374 e. The van der Waals surface area contributed by atoms with Crippen LogP contribution in [0.3, 0.4) is 0 Å². The predicted molar refractivity (Wildman–Crippen MR) is 102 cm³/mol. The molecule has 1 aliphatic rings. The molecule has 0 bridgehead atoms. The lowest BCUT2D eigenvalue weighted by Crippen LogP contribution is -2.44. The molecule has 2 aromatic carbocycles. The first kappa shape index (κ1) is 17.8. The molecule has 2 atom stereocenters. The Morgan fingerprint density at radius 2 is 1.84 bits per heavy atom. The third-order valence-corrected chi connectivity index (χ3v) is 5.05. The molecule has 2 unspecified atom stereocenters. The van der Waals surface area contributed by atoms with Crippen LogP contribution in [-0.4, -0.2) is 33.9 Å². The normalized spacial score (nSPS) is 21.2. The van der Waals surface area contributed by atoms with Crippen LogP contribution in [0.4, 0.5) is 11.4 Å². The van der Waals surface area contributed by atoms with Gasteiger partial charge in [-0.1, -0.05) is 36.4 Å². The van der Waals surface area contributed by atoms with Gasteiger partial charge in [0, 0.05) is 12.2 Å². The Balaban J connectivity index is 2.01. The van der Waals surface area contributed by atoms with E-state index in [1.165, 1.54) is 11.8 Å². The summed E-state index contributed by atoms with van der Waals surface area (Å²) >= 11 is 0. The molecule has 134 valence electrons. The minimum atomic E-state index is -3.32. The highest BCUT2D eigenvalue weighted by Gasteiger charge is 2.29. The number of anilines is 2. The van der Waals surface area contributed by atoms with Crippen LogP contribution in [0.1, 0.15) is 24.1 Å². The molecule has 5 nitrogen and oxygen atoms in total. The topological polar surface area (TPSA) is 58.6 Å². The Morgan fingerprint density at radius 3 is 2.52 bits per heavy atom. The maximum atomic E-state index is 11.6. The highest BCUT2D eigenvalue weighted by Crippen LogP contribution is 2.36. The molecule has 0 spiro atoms. The van der Waals surface area contributed by atoms with Gasteiger partial charge >= 0.3 is 0 Å². The molecule has 2 aromatic rings. The zero-order valence-corrected chi connectivity index (χ0v) is 15.6. The molecule has 0 aromatic heterocycles. The fourth-order valence-electron chi connectivity index (χ4n) is 3.26. The van der Waals surface area contributed by atoms with Crippen LogP contribution < -0.4 is 9.62 Å². The van der Waals surface area contributed by atoms with Gasteiger partial charge in [-0.25, -0.2) is 8.42 Å². The molecule has 0 radical (unpaired) electrons. The van der Waals surface area contributed by atoms with E-state index in [2.05, 4.69) is 28.7 Å². The average molecular weight is 360 g/mol. The van der Waals surface area contributed by atoms with Crippen molar-refractivity contribution < 1.29 is 13.2 Å². The van der Waals surface area contributed by atoms with Gasteiger partial charge in [-0.2, -0.15) is 0 Å². The minimum absolute atomic E-state index is 0.101. The lowest BCUT2D eigenvalue weighted by Gasteiger charge is -2.41. The molecular formula is C19H24N2O3S. The summed E-state index contributed by atoms with van der Waals surface area (Å²) in [7, 11) is -3.32. The van der Waals surface area contributed by atoms with Gasteiger partial charge in [-0.3, -0.25) is 4.72 Å². The second-order valence-corrected chi connectivity index (χ2v) is 8.30. The van der Waals surface area contributed by atoms with Crippen LogP contribution in [0.2, 0.25) is 0 Å². The van der Waals surface area contributed by atoms with Crippen molar-refractivity contribution in [2.45, 2.75) is 26.0 Å². The lowest BCUT2D eigenvalue weighted by molar-refractivity contribution is 0.0303. The summed E-state index contributed by atoms with van der Waals surface area (Å²) in [6, 6.07) is 16.1. The predicted octanol–water partition coefficient (Wildman–Crippen LogP) is 3.33. The average Bonchev–Trinajstić information content (AvgIpc) is 2.56. The van der Waals surface area contributed by atoms with E-state index in [-0.39, 0.29) is 12.1 Å². The Bertz CT molecular complexity index is 837. The Hall–Kier alpha value is -2.05. The quantitative estimate of drug-likeness (QED) is 0.909. The van der Waals surface area contributed by atoms with Gasteiger partial charge in [0.05, 0.1) is 30.7 Å². The molecule has 25 heavy (non-hydrogen) atoms. The molecule has 1 saturated heterocycles. The van der Waals surface area contributed by atoms with Crippen LogP contribution in [0.5, 0.6) is 0 Å². The maximum Gasteiger partial charge on any atom is 0.229 e. The summed E-state index contributed by atoms with van der Waals surface area (Å²) in [6.45, 7) is 5.37. The van der Waals surface area contributed by atoms with Crippen LogP contribution in [0, 0.1) is 6.92 Å². The van der Waals surface area contributed by atoms with E-state index < -0.39 is 10.0 Å². The monoisotopic (exact) mass is 360 g/mol. The fourth-order valence-corrected chi connectivity index (χ4v) is 3.89. The molecule has 0 amide bonds. The van der Waals surface area contributed by atoms with Crippen LogP contribution >= 0.6 is 0 Å². The number of hydrogen-bond donors (Lipinski definition) is 1. The molecule has 1 fully saturated rings. The summed E-state index contributed by atoms with van der Waals surface area (Å²) in [5.74, 6) is 0. The van der Waals surface area contributed by atoms with Crippen LogP contribution in [0.25, 0.3) is 0 Å². The van der Waals surface area contributed by atoms with Gasteiger partial charge in [0.1, 0.15) is 0 Å². The van der Waals surface area contributed by atoms with Crippen LogP contribution in [0.15, 0.2) is 48.5 Å². The second-order valence-electron chi connectivity index (χ2n) is 6.55. The van der Waals surface area contributed by atoms with E-state index in [9.17, 15) is 8.42 Å². The molecule has 3 rings (SSSR count). The van der Waals surface area contributed by atoms with Crippen molar-refractivity contribution >= 4 is 21.4 Å². The van der Waals surface area contributed by atoms with E-state index in [0.29, 0.717) is 12.3 Å². The van der Waals surface area contributed by atoms with Crippen molar-refractivity contribution in [3.8, 4) is 0 Å². The van der Waals surface area contributed by atoms with Crippen LogP contribution in [-0.2, 0) is 14.8 Å². The van der Waals surface area contributed by atoms with Crippen molar-refractivity contribution in [1.82, 2.24) is 0 Å². The van der Waals surface area contributed by atoms with Crippen molar-refractivity contribution in [1.29, 1.82) is 0 Å². The highest BCUT2D eigenvalue weighted by molar-refractivity contribution is 7.92. The molecule has 0 aliphatic carbocycles. The first-order chi connectivity index (χ1) is 11.8. The highest BCUT2D eigenvalue weighted by atomic mass is 32.2. The smallest absolute Gasteiger partial charge is 0.229 e. The van der Waals surface area contributed by atoms with Gasteiger partial charge < -0.3 is 9.64 Å². The Morgan fingerprint density at radius 1 is 1.12 bits per heavy atom. The first-order valence-corrected chi connectivity index (χ1v) is 10.2. The van der Waals surface area contributed by atoms with Crippen molar-refractivity contribution in [2.24, 2.45) is 0 Å². The van der Waals surface area contributed by atoms with Crippen molar-refractivity contribution in [2.75, 3.05) is 29.0 Å². The zero-order valence-electron chi connectivity index (χ0n) is 14.8. The first-order valence-electron chi connectivity index (χ1n) is 8.36. The molecule has 0 saturated carbocycles. The standard InChI is InChI=1S/C19H24N2O3S/c1-14-12-21(19(13-24-14)16-8-5-4-6-9-16)18-11-7-10-17(15(18)2)20-25(3,22)23/h4-11,14,19-20H,12-13H2,1-3H3. The number of ether oxygens (including phenoxy) is 1. The Labute approximate surface area is 149 Å².